The monoisotopic (exact) mass is 261 g/mol. The lowest BCUT2D eigenvalue weighted by atomic mass is 10.1. The van der Waals surface area contributed by atoms with E-state index in [1.165, 1.54) is 9.75 Å². The van der Waals surface area contributed by atoms with Gasteiger partial charge >= 0.3 is 0 Å². The van der Waals surface area contributed by atoms with Gasteiger partial charge in [-0.25, -0.2) is 9.97 Å². The van der Waals surface area contributed by atoms with Crippen LogP contribution in [0.25, 0.3) is 0 Å². The van der Waals surface area contributed by atoms with Gasteiger partial charge in [0.15, 0.2) is 0 Å². The third-order valence-corrected chi connectivity index (χ3v) is 4.14. The molecule has 0 aromatic carbocycles. The second kappa shape index (κ2) is 6.61. The van der Waals surface area contributed by atoms with Crippen molar-refractivity contribution in [2.24, 2.45) is 0 Å². The van der Waals surface area contributed by atoms with Crippen molar-refractivity contribution in [2.45, 2.75) is 32.7 Å². The Balaban J connectivity index is 2.11. The smallest absolute Gasteiger partial charge is 0.115 e. The highest BCUT2D eigenvalue weighted by Gasteiger charge is 2.13. The average molecular weight is 261 g/mol. The number of hydrogen-bond donors (Lipinski definition) is 1. The van der Waals surface area contributed by atoms with Crippen molar-refractivity contribution in [1.29, 1.82) is 0 Å². The summed E-state index contributed by atoms with van der Waals surface area (Å²) in [5, 5.41) is 3.49. The van der Waals surface area contributed by atoms with Crippen molar-refractivity contribution in [3.05, 3.63) is 46.2 Å². The first-order valence-corrected chi connectivity index (χ1v) is 7.22. The van der Waals surface area contributed by atoms with Crippen LogP contribution in [0, 0.1) is 0 Å². The highest BCUT2D eigenvalue weighted by Crippen LogP contribution is 2.23. The zero-order valence-electron chi connectivity index (χ0n) is 10.9. The van der Waals surface area contributed by atoms with Crippen LogP contribution in [0.4, 0.5) is 0 Å². The number of aromatic nitrogens is 2. The lowest BCUT2D eigenvalue weighted by Gasteiger charge is -2.16. The Morgan fingerprint density at radius 3 is 2.67 bits per heavy atom. The molecule has 0 amide bonds. The number of likely N-dealkylation sites (N-methyl/N-ethyl adjacent to an activating group) is 1. The van der Waals surface area contributed by atoms with Crippen molar-refractivity contribution in [3.63, 3.8) is 0 Å². The first kappa shape index (κ1) is 13.2. The van der Waals surface area contributed by atoms with Gasteiger partial charge in [0.25, 0.3) is 0 Å². The molecule has 18 heavy (non-hydrogen) atoms. The average Bonchev–Trinajstić information content (AvgIpc) is 2.87. The van der Waals surface area contributed by atoms with Crippen LogP contribution >= 0.6 is 11.3 Å². The zero-order valence-corrected chi connectivity index (χ0v) is 11.7. The van der Waals surface area contributed by atoms with Crippen LogP contribution in [0.2, 0.25) is 0 Å². The molecule has 1 N–H and O–H groups in total. The van der Waals surface area contributed by atoms with Crippen LogP contribution in [0.1, 0.15) is 35.3 Å². The largest absolute Gasteiger partial charge is 0.309 e. The maximum absolute atomic E-state index is 4.35. The van der Waals surface area contributed by atoms with Gasteiger partial charge in [0.1, 0.15) is 6.33 Å². The van der Waals surface area contributed by atoms with Gasteiger partial charge in [-0.15, -0.1) is 11.3 Å². The third kappa shape index (κ3) is 3.37. The first-order chi connectivity index (χ1) is 8.83. The molecule has 2 rings (SSSR count). The van der Waals surface area contributed by atoms with Gasteiger partial charge in [-0.3, -0.25) is 0 Å². The molecule has 0 spiro atoms. The van der Waals surface area contributed by atoms with E-state index in [9.17, 15) is 0 Å². The molecule has 0 saturated heterocycles. The molecule has 2 heterocycles. The highest BCUT2D eigenvalue weighted by atomic mass is 32.1. The summed E-state index contributed by atoms with van der Waals surface area (Å²) in [5.74, 6) is 0. The summed E-state index contributed by atoms with van der Waals surface area (Å²) in [6.45, 7) is 5.27. The minimum atomic E-state index is 0.279. The summed E-state index contributed by atoms with van der Waals surface area (Å²) < 4.78 is 0. The molecule has 2 aromatic heterocycles. The van der Waals surface area contributed by atoms with Gasteiger partial charge in [0, 0.05) is 22.4 Å². The van der Waals surface area contributed by atoms with E-state index < -0.39 is 0 Å². The molecule has 0 bridgehead atoms. The molecule has 0 aliphatic carbocycles. The molecule has 0 radical (unpaired) electrons. The SMILES string of the molecule is CCNC(Cc1ccc(CC)s1)c1ccncn1. The van der Waals surface area contributed by atoms with Gasteiger partial charge in [0.2, 0.25) is 0 Å². The van der Waals surface area contributed by atoms with Crippen LogP contribution in [0.3, 0.4) is 0 Å². The van der Waals surface area contributed by atoms with Gasteiger partial charge in [0.05, 0.1) is 11.7 Å². The Hall–Kier alpha value is -1.26. The molecule has 0 aliphatic heterocycles. The summed E-state index contributed by atoms with van der Waals surface area (Å²) in [4.78, 5) is 11.2. The van der Waals surface area contributed by atoms with Gasteiger partial charge < -0.3 is 5.32 Å². The van der Waals surface area contributed by atoms with E-state index in [1.54, 1.807) is 12.5 Å². The number of thiophene rings is 1. The normalized spacial score (nSPS) is 12.6. The van der Waals surface area contributed by atoms with Gasteiger partial charge in [-0.2, -0.15) is 0 Å². The third-order valence-electron chi connectivity index (χ3n) is 2.88. The number of nitrogens with zero attached hydrogens (tertiary/aromatic N) is 2. The number of rotatable bonds is 6. The van der Waals surface area contributed by atoms with E-state index in [0.717, 1.165) is 25.1 Å². The predicted molar refractivity (Wildman–Crippen MR) is 75.9 cm³/mol. The Bertz CT molecular complexity index is 467. The maximum Gasteiger partial charge on any atom is 0.115 e. The summed E-state index contributed by atoms with van der Waals surface area (Å²) in [5.41, 5.74) is 1.07. The first-order valence-electron chi connectivity index (χ1n) is 6.40. The molecule has 1 atom stereocenters. The molecular formula is C14H19N3S. The topological polar surface area (TPSA) is 37.8 Å². The van der Waals surface area contributed by atoms with Crippen LogP contribution in [-0.4, -0.2) is 16.5 Å². The van der Waals surface area contributed by atoms with E-state index in [0.29, 0.717) is 0 Å². The molecule has 4 heteroatoms. The Labute approximate surface area is 112 Å². The molecule has 0 saturated carbocycles. The number of aryl methyl sites for hydroxylation is 1. The lowest BCUT2D eigenvalue weighted by Crippen LogP contribution is -2.23. The van der Waals surface area contributed by atoms with Crippen molar-refractivity contribution >= 4 is 11.3 Å². The second-order valence-electron chi connectivity index (χ2n) is 4.17. The van der Waals surface area contributed by atoms with Crippen molar-refractivity contribution in [2.75, 3.05) is 6.54 Å². The van der Waals surface area contributed by atoms with Crippen LogP contribution in [0.15, 0.2) is 30.7 Å². The standard InChI is InChI=1S/C14H19N3S/c1-3-11-5-6-12(18-11)9-14(16-4-2)13-7-8-15-10-17-13/h5-8,10,14,16H,3-4,9H2,1-2H3. The minimum Gasteiger partial charge on any atom is -0.309 e. The molecule has 3 nitrogen and oxygen atoms in total. The van der Waals surface area contributed by atoms with Crippen molar-refractivity contribution in [3.8, 4) is 0 Å². The summed E-state index contributed by atoms with van der Waals surface area (Å²) in [6.07, 6.45) is 5.53. The quantitative estimate of drug-likeness (QED) is 0.868. The molecule has 0 aliphatic rings. The molecule has 0 fully saturated rings. The number of nitrogens with one attached hydrogen (secondary N) is 1. The number of hydrogen-bond acceptors (Lipinski definition) is 4. The Morgan fingerprint density at radius 2 is 2.06 bits per heavy atom. The molecule has 96 valence electrons. The lowest BCUT2D eigenvalue weighted by molar-refractivity contribution is 0.539. The van der Waals surface area contributed by atoms with Crippen LogP contribution in [-0.2, 0) is 12.8 Å². The van der Waals surface area contributed by atoms with Crippen molar-refractivity contribution < 1.29 is 0 Å². The molecular weight excluding hydrogens is 242 g/mol. The van der Waals surface area contributed by atoms with Crippen LogP contribution < -0.4 is 5.32 Å². The van der Waals surface area contributed by atoms with E-state index in [1.807, 2.05) is 17.4 Å². The zero-order chi connectivity index (χ0) is 12.8. The van der Waals surface area contributed by atoms with E-state index in [2.05, 4.69) is 41.3 Å². The van der Waals surface area contributed by atoms with Gasteiger partial charge in [-0.1, -0.05) is 13.8 Å². The van der Waals surface area contributed by atoms with Gasteiger partial charge in [-0.05, 0) is 31.2 Å². The van der Waals surface area contributed by atoms with E-state index >= 15 is 0 Å². The van der Waals surface area contributed by atoms with Crippen molar-refractivity contribution in [1.82, 2.24) is 15.3 Å². The fourth-order valence-electron chi connectivity index (χ4n) is 1.96. The predicted octanol–water partition coefficient (Wildman–Crippen LogP) is 2.99. The van der Waals surface area contributed by atoms with E-state index in [4.69, 9.17) is 0 Å². The fourth-order valence-corrected chi connectivity index (χ4v) is 2.96. The van der Waals surface area contributed by atoms with Crippen LogP contribution in [0.5, 0.6) is 0 Å². The van der Waals surface area contributed by atoms with E-state index in [-0.39, 0.29) is 6.04 Å². The minimum absolute atomic E-state index is 0.279. The molecule has 1 unspecified atom stereocenters. The summed E-state index contributed by atoms with van der Waals surface area (Å²) in [7, 11) is 0. The Morgan fingerprint density at radius 1 is 1.22 bits per heavy atom. The molecule has 2 aromatic rings. The summed E-state index contributed by atoms with van der Waals surface area (Å²) in [6, 6.07) is 6.72. The summed E-state index contributed by atoms with van der Waals surface area (Å²) >= 11 is 1.90. The highest BCUT2D eigenvalue weighted by molar-refractivity contribution is 7.11. The fraction of sp³-hybridized carbons (Fsp3) is 0.429. The Kier molecular flexibility index (Phi) is 4.84. The maximum atomic E-state index is 4.35. The second-order valence-corrected chi connectivity index (χ2v) is 5.42.